The number of benzene rings is 3. The van der Waals surface area contributed by atoms with Crippen molar-refractivity contribution in [3.8, 4) is 5.75 Å². The molecule has 0 saturated carbocycles. The molecule has 1 atom stereocenters. The van der Waals surface area contributed by atoms with Gasteiger partial charge in [0.05, 0.1) is 23.7 Å². The molecule has 6 heteroatoms. The van der Waals surface area contributed by atoms with Gasteiger partial charge in [0, 0.05) is 11.8 Å². The van der Waals surface area contributed by atoms with Crippen molar-refractivity contribution < 1.29 is 14.3 Å². The predicted molar refractivity (Wildman–Crippen MR) is 145 cm³/mol. The summed E-state index contributed by atoms with van der Waals surface area (Å²) >= 11 is 0. The minimum atomic E-state index is -0.516. The first-order chi connectivity index (χ1) is 17.5. The van der Waals surface area contributed by atoms with Crippen LogP contribution in [0.5, 0.6) is 5.75 Å². The van der Waals surface area contributed by atoms with Gasteiger partial charge in [-0.25, -0.2) is 0 Å². The number of ketones is 1. The Bertz CT molecular complexity index is 1280. The first-order valence-corrected chi connectivity index (χ1v) is 12.1. The maximum atomic E-state index is 12.8. The van der Waals surface area contributed by atoms with Crippen LogP contribution < -0.4 is 9.75 Å². The summed E-state index contributed by atoms with van der Waals surface area (Å²) in [7, 11) is 0. The van der Waals surface area contributed by atoms with E-state index >= 15 is 0 Å². The molecule has 0 aliphatic carbocycles. The van der Waals surface area contributed by atoms with Gasteiger partial charge in [0.2, 0.25) is 0 Å². The fourth-order valence-electron chi connectivity index (χ4n) is 3.66. The number of nitrogens with zero attached hydrogens (tertiary/aromatic N) is 3. The number of rotatable bonds is 10. The molecule has 36 heavy (non-hydrogen) atoms. The van der Waals surface area contributed by atoms with Gasteiger partial charge in [-0.05, 0) is 73.5 Å². The van der Waals surface area contributed by atoms with Gasteiger partial charge in [-0.1, -0.05) is 49.8 Å². The van der Waals surface area contributed by atoms with Crippen molar-refractivity contribution in [3.63, 3.8) is 0 Å². The van der Waals surface area contributed by atoms with E-state index in [1.807, 2.05) is 61.5 Å². The Kier molecular flexibility index (Phi) is 8.19. The van der Waals surface area contributed by atoms with Crippen LogP contribution in [0, 0.1) is 5.92 Å². The maximum Gasteiger partial charge on any atom is 0.261 e. The van der Waals surface area contributed by atoms with E-state index in [1.54, 1.807) is 42.6 Å². The smallest absolute Gasteiger partial charge is 0.261 e. The van der Waals surface area contributed by atoms with Gasteiger partial charge in [-0.3, -0.25) is 14.6 Å². The number of carbonyl (C=O) groups excluding carboxylic acids is 2. The van der Waals surface area contributed by atoms with Crippen molar-refractivity contribution in [2.24, 2.45) is 16.0 Å². The van der Waals surface area contributed by atoms with E-state index in [-0.39, 0.29) is 11.7 Å². The Morgan fingerprint density at radius 2 is 1.75 bits per heavy atom. The maximum absolute atomic E-state index is 12.8. The number of allylic oxidation sites excluding steroid dienone is 1. The highest BCUT2D eigenvalue weighted by atomic mass is 16.5. The van der Waals surface area contributed by atoms with Gasteiger partial charge in [0.25, 0.3) is 5.91 Å². The fraction of sp³-hybridized carbons (Fsp3) is 0.200. The van der Waals surface area contributed by atoms with Crippen LogP contribution in [0.1, 0.15) is 42.6 Å². The largest absolute Gasteiger partial charge is 0.494 e. The topological polar surface area (TPSA) is 71.3 Å². The summed E-state index contributed by atoms with van der Waals surface area (Å²) in [4.78, 5) is 29.8. The lowest BCUT2D eigenvalue weighted by Gasteiger charge is -2.12. The van der Waals surface area contributed by atoms with E-state index < -0.39 is 5.92 Å². The molecule has 0 aromatic heterocycles. The number of hydrogen-bond donors (Lipinski definition) is 0. The molecule has 3 aromatic rings. The number of ether oxygens (including phenoxy) is 1. The monoisotopic (exact) mass is 479 g/mol. The third-order valence-corrected chi connectivity index (χ3v) is 5.78. The van der Waals surface area contributed by atoms with E-state index in [0.717, 1.165) is 29.8 Å². The van der Waals surface area contributed by atoms with Crippen LogP contribution in [-0.2, 0) is 4.79 Å². The van der Waals surface area contributed by atoms with Gasteiger partial charge in [-0.15, -0.1) is 0 Å². The average molecular weight is 480 g/mol. The molecule has 6 nitrogen and oxygen atoms in total. The summed E-state index contributed by atoms with van der Waals surface area (Å²) in [6, 6.07) is 24.0. The van der Waals surface area contributed by atoms with Crippen LogP contribution in [0.2, 0.25) is 0 Å². The zero-order valence-electron chi connectivity index (χ0n) is 20.5. The molecule has 0 saturated heterocycles. The molecule has 3 aromatic carbocycles. The van der Waals surface area contributed by atoms with Gasteiger partial charge in [-0.2, -0.15) is 10.1 Å². The van der Waals surface area contributed by atoms with Crippen molar-refractivity contribution in [1.29, 1.82) is 0 Å². The Hall–Kier alpha value is -4.32. The second-order valence-electron chi connectivity index (χ2n) is 8.50. The Balaban J connectivity index is 1.34. The quantitative estimate of drug-likeness (QED) is 0.144. The van der Waals surface area contributed by atoms with Crippen molar-refractivity contribution in [2.45, 2.75) is 26.7 Å². The highest BCUT2D eigenvalue weighted by molar-refractivity contribution is 6.23. The summed E-state index contributed by atoms with van der Waals surface area (Å²) < 4.78 is 5.67. The van der Waals surface area contributed by atoms with E-state index in [9.17, 15) is 9.59 Å². The zero-order valence-corrected chi connectivity index (χ0v) is 20.5. The highest BCUT2D eigenvalue weighted by Crippen LogP contribution is 2.24. The Morgan fingerprint density at radius 3 is 2.44 bits per heavy atom. The van der Waals surface area contributed by atoms with Crippen LogP contribution in [0.25, 0.3) is 6.08 Å². The minimum Gasteiger partial charge on any atom is -0.494 e. The van der Waals surface area contributed by atoms with Gasteiger partial charge in [0.1, 0.15) is 11.7 Å². The molecule has 0 radical (unpaired) electrons. The van der Waals surface area contributed by atoms with Gasteiger partial charge >= 0.3 is 0 Å². The van der Waals surface area contributed by atoms with E-state index in [0.29, 0.717) is 23.6 Å². The highest BCUT2D eigenvalue weighted by Gasteiger charge is 2.33. The minimum absolute atomic E-state index is 0.0961. The third kappa shape index (κ3) is 6.21. The number of anilines is 1. The van der Waals surface area contributed by atoms with Gasteiger partial charge in [0.15, 0.2) is 5.78 Å². The molecular weight excluding hydrogens is 450 g/mol. The van der Waals surface area contributed by atoms with Crippen LogP contribution in [-0.4, -0.2) is 30.2 Å². The molecule has 0 N–H and O–H groups in total. The Labute approximate surface area is 211 Å². The molecule has 0 fully saturated rings. The first-order valence-electron chi connectivity index (χ1n) is 12.1. The normalized spacial score (nSPS) is 15.6. The van der Waals surface area contributed by atoms with Crippen LogP contribution in [0.3, 0.4) is 0 Å². The number of unbranched alkanes of at least 4 members (excludes halogenated alkanes) is 1. The SMILES string of the molecule is CCCCOc1ccc(/C=C/C(=O)c2ccc(N=CC3C(=O)N(c4ccccc4)N=C3C)cc2)cc1. The molecule has 0 spiro atoms. The van der Waals surface area contributed by atoms with Crippen LogP contribution in [0.4, 0.5) is 11.4 Å². The molecule has 4 rings (SSSR count). The molecule has 1 unspecified atom stereocenters. The Morgan fingerprint density at radius 1 is 1.03 bits per heavy atom. The zero-order chi connectivity index (χ0) is 25.3. The molecule has 1 aliphatic heterocycles. The summed E-state index contributed by atoms with van der Waals surface area (Å²) in [6.07, 6.45) is 7.07. The molecule has 1 heterocycles. The summed E-state index contributed by atoms with van der Waals surface area (Å²) in [5.74, 6) is 0.0793. The lowest BCUT2D eigenvalue weighted by molar-refractivity contribution is -0.118. The fourth-order valence-corrected chi connectivity index (χ4v) is 3.66. The summed E-state index contributed by atoms with van der Waals surface area (Å²) in [5, 5.41) is 5.80. The number of hydrogen-bond acceptors (Lipinski definition) is 5. The van der Waals surface area contributed by atoms with Crippen molar-refractivity contribution in [3.05, 3.63) is 96.1 Å². The van der Waals surface area contributed by atoms with Crippen molar-refractivity contribution in [1.82, 2.24) is 0 Å². The lowest BCUT2D eigenvalue weighted by atomic mass is 10.1. The van der Waals surface area contributed by atoms with Crippen LogP contribution >= 0.6 is 0 Å². The standard InChI is InChI=1S/C30H29N3O3/c1-3-4-20-36-27-17-10-23(11-18-27)12-19-29(34)24-13-15-25(16-14-24)31-21-28-22(2)32-33(30(28)35)26-8-6-5-7-9-26/h5-19,21,28H,3-4,20H2,1-2H3/b19-12+,31-21?. The molecule has 182 valence electrons. The van der Waals surface area contributed by atoms with E-state index in [2.05, 4.69) is 17.0 Å². The molecule has 0 bridgehead atoms. The summed E-state index contributed by atoms with van der Waals surface area (Å²) in [6.45, 7) is 4.66. The van der Waals surface area contributed by atoms with Crippen molar-refractivity contribution in [2.75, 3.05) is 11.6 Å². The molecule has 1 amide bonds. The van der Waals surface area contributed by atoms with E-state index in [1.165, 1.54) is 5.01 Å². The van der Waals surface area contributed by atoms with Gasteiger partial charge < -0.3 is 4.74 Å². The van der Waals surface area contributed by atoms with Crippen LogP contribution in [0.15, 0.2) is 95.0 Å². The van der Waals surface area contributed by atoms with E-state index in [4.69, 9.17) is 4.74 Å². The second-order valence-corrected chi connectivity index (χ2v) is 8.50. The number of aliphatic imine (C=N–C) groups is 1. The molecule has 1 aliphatic rings. The number of para-hydroxylation sites is 1. The van der Waals surface area contributed by atoms with Crippen molar-refractivity contribution >= 4 is 41.1 Å². The predicted octanol–water partition coefficient (Wildman–Crippen LogP) is 6.50. The number of carbonyl (C=O) groups is 2. The second kappa shape index (κ2) is 11.9. The number of amides is 1. The number of hydrazone groups is 1. The molecular formula is C30H29N3O3. The average Bonchev–Trinajstić information content (AvgIpc) is 3.20. The first kappa shape index (κ1) is 24.8. The summed E-state index contributed by atoms with van der Waals surface area (Å²) in [5.41, 5.74) is 3.56. The lowest BCUT2D eigenvalue weighted by Crippen LogP contribution is -2.27. The third-order valence-electron chi connectivity index (χ3n) is 5.78.